The smallest absolute Gasteiger partial charge is 0.250 e. The van der Waals surface area contributed by atoms with Crippen molar-refractivity contribution in [2.24, 2.45) is 0 Å². The molecule has 1 spiro atoms. The van der Waals surface area contributed by atoms with Crippen molar-refractivity contribution in [3.63, 3.8) is 0 Å². The molecule has 0 aromatic rings. The second-order valence-electron chi connectivity index (χ2n) is 4.31. The Kier molecular flexibility index (Phi) is 2.98. The van der Waals surface area contributed by atoms with Gasteiger partial charge in [-0.2, -0.15) is 0 Å². The van der Waals surface area contributed by atoms with E-state index in [9.17, 15) is 4.79 Å². The minimum absolute atomic E-state index is 0.155. The Balaban J connectivity index is 2.05. The average Bonchev–Trinajstić information content (AvgIpc) is 2.57. The van der Waals surface area contributed by atoms with Crippen LogP contribution in [0.5, 0.6) is 0 Å². The van der Waals surface area contributed by atoms with Crippen LogP contribution in [0.1, 0.15) is 26.7 Å². The van der Waals surface area contributed by atoms with Gasteiger partial charge < -0.3 is 14.5 Å². The van der Waals surface area contributed by atoms with Crippen LogP contribution in [0.2, 0.25) is 0 Å². The monoisotopic (exact) mass is 212 g/mol. The summed E-state index contributed by atoms with van der Waals surface area (Å²) in [5.41, 5.74) is -0.266. The van der Waals surface area contributed by atoms with Gasteiger partial charge in [-0.1, -0.05) is 6.92 Å². The molecule has 0 unspecified atom stereocenters. The summed E-state index contributed by atoms with van der Waals surface area (Å²) >= 11 is 0. The third kappa shape index (κ3) is 1.76. The molecule has 2 saturated heterocycles. The largest absolute Gasteiger partial charge is 0.346 e. The predicted molar refractivity (Wildman–Crippen MR) is 57.4 cm³/mol. The Morgan fingerprint density at radius 3 is 2.47 bits per heavy atom. The lowest BCUT2D eigenvalue weighted by Gasteiger charge is -2.42. The minimum atomic E-state index is -0.266. The molecular weight excluding hydrogens is 192 g/mol. The molecule has 0 aliphatic carbocycles. The Hall–Kier alpha value is -0.610. The highest BCUT2D eigenvalue weighted by atomic mass is 16.5. The van der Waals surface area contributed by atoms with Crippen LogP contribution in [0, 0.1) is 0 Å². The molecule has 0 atom stereocenters. The van der Waals surface area contributed by atoms with Crippen molar-refractivity contribution in [2.75, 3.05) is 32.8 Å². The first kappa shape index (κ1) is 10.9. The van der Waals surface area contributed by atoms with E-state index in [1.54, 1.807) is 0 Å². The van der Waals surface area contributed by atoms with Gasteiger partial charge in [0.05, 0.1) is 0 Å². The lowest BCUT2D eigenvalue weighted by molar-refractivity contribution is -0.140. The molecule has 0 aromatic heterocycles. The zero-order valence-electron chi connectivity index (χ0n) is 9.66. The molecule has 2 aliphatic rings. The first-order valence-corrected chi connectivity index (χ1v) is 5.88. The van der Waals surface area contributed by atoms with Crippen LogP contribution in [-0.2, 0) is 9.53 Å². The molecule has 0 aromatic carbocycles. The first-order valence-electron chi connectivity index (χ1n) is 5.88. The molecule has 86 valence electrons. The van der Waals surface area contributed by atoms with Gasteiger partial charge in [0.25, 0.3) is 5.91 Å². The predicted octanol–water partition coefficient (Wildman–Crippen LogP) is 0.677. The Morgan fingerprint density at radius 2 is 1.93 bits per heavy atom. The molecule has 15 heavy (non-hydrogen) atoms. The maximum Gasteiger partial charge on any atom is 0.250 e. The summed E-state index contributed by atoms with van der Waals surface area (Å²) in [6, 6.07) is 0. The molecule has 2 aliphatic heterocycles. The maximum atomic E-state index is 11.6. The third-order valence-electron chi connectivity index (χ3n) is 3.66. The molecular formula is C11H20N2O2. The Bertz CT molecular complexity index is 247. The van der Waals surface area contributed by atoms with Crippen LogP contribution < -0.4 is 0 Å². The SMILES string of the molecule is CCN1CCC2(CC1)OCC(=O)N2CC. The topological polar surface area (TPSA) is 32.8 Å². The van der Waals surface area contributed by atoms with Crippen LogP contribution >= 0.6 is 0 Å². The number of ether oxygens (including phenoxy) is 1. The van der Waals surface area contributed by atoms with Gasteiger partial charge in [-0.3, -0.25) is 4.79 Å². The van der Waals surface area contributed by atoms with Crippen LogP contribution in [0.4, 0.5) is 0 Å². The molecule has 2 rings (SSSR count). The lowest BCUT2D eigenvalue weighted by atomic mass is 9.99. The van der Waals surface area contributed by atoms with Crippen LogP contribution in [0.25, 0.3) is 0 Å². The average molecular weight is 212 g/mol. The lowest BCUT2D eigenvalue weighted by Crippen LogP contribution is -2.53. The molecule has 0 N–H and O–H groups in total. The van der Waals surface area contributed by atoms with Crippen LogP contribution in [0.3, 0.4) is 0 Å². The molecule has 1 amide bonds. The maximum absolute atomic E-state index is 11.6. The van der Waals surface area contributed by atoms with E-state index in [4.69, 9.17) is 4.74 Å². The van der Waals surface area contributed by atoms with E-state index in [1.807, 2.05) is 11.8 Å². The van der Waals surface area contributed by atoms with Crippen molar-refractivity contribution >= 4 is 5.91 Å². The summed E-state index contributed by atoms with van der Waals surface area (Å²) in [4.78, 5) is 15.9. The van der Waals surface area contributed by atoms with Crippen LogP contribution in [-0.4, -0.2) is 54.2 Å². The molecule has 0 bridgehead atoms. The van der Waals surface area contributed by atoms with Gasteiger partial charge in [0.1, 0.15) is 12.3 Å². The Morgan fingerprint density at radius 1 is 1.27 bits per heavy atom. The third-order valence-corrected chi connectivity index (χ3v) is 3.66. The minimum Gasteiger partial charge on any atom is -0.346 e. The summed E-state index contributed by atoms with van der Waals surface area (Å²) < 4.78 is 5.74. The number of hydrogen-bond acceptors (Lipinski definition) is 3. The van der Waals surface area contributed by atoms with Crippen molar-refractivity contribution in [1.82, 2.24) is 9.80 Å². The fraction of sp³-hybridized carbons (Fsp3) is 0.909. The van der Waals surface area contributed by atoms with Gasteiger partial charge >= 0.3 is 0 Å². The van der Waals surface area contributed by atoms with E-state index >= 15 is 0 Å². The fourth-order valence-corrected chi connectivity index (χ4v) is 2.68. The molecule has 2 fully saturated rings. The number of carbonyl (C=O) groups excluding carboxylic acids is 1. The number of likely N-dealkylation sites (tertiary alicyclic amines) is 1. The summed E-state index contributed by atoms with van der Waals surface area (Å²) in [6.07, 6.45) is 1.92. The second kappa shape index (κ2) is 4.10. The molecule has 4 nitrogen and oxygen atoms in total. The van der Waals surface area contributed by atoms with Gasteiger partial charge in [-0.25, -0.2) is 0 Å². The van der Waals surface area contributed by atoms with Crippen molar-refractivity contribution < 1.29 is 9.53 Å². The van der Waals surface area contributed by atoms with Crippen molar-refractivity contribution in [1.29, 1.82) is 0 Å². The van der Waals surface area contributed by atoms with E-state index in [0.717, 1.165) is 39.0 Å². The number of likely N-dealkylation sites (N-methyl/N-ethyl adjacent to an activating group) is 1. The Labute approximate surface area is 91.2 Å². The van der Waals surface area contributed by atoms with Gasteiger partial charge in [0.15, 0.2) is 0 Å². The number of carbonyl (C=O) groups is 1. The van der Waals surface area contributed by atoms with Crippen molar-refractivity contribution in [3.8, 4) is 0 Å². The highest BCUT2D eigenvalue weighted by molar-refractivity contribution is 5.80. The van der Waals surface area contributed by atoms with Crippen molar-refractivity contribution in [3.05, 3.63) is 0 Å². The number of piperidine rings is 1. The number of nitrogens with zero attached hydrogens (tertiary/aromatic N) is 2. The normalized spacial score (nSPS) is 26.5. The highest BCUT2D eigenvalue weighted by Crippen LogP contribution is 2.34. The van der Waals surface area contributed by atoms with Gasteiger partial charge in [0.2, 0.25) is 0 Å². The summed E-state index contributed by atoms with van der Waals surface area (Å²) in [6.45, 7) is 8.43. The zero-order valence-corrected chi connectivity index (χ0v) is 9.66. The molecule has 4 heteroatoms. The van der Waals surface area contributed by atoms with Crippen molar-refractivity contribution in [2.45, 2.75) is 32.4 Å². The fourth-order valence-electron chi connectivity index (χ4n) is 2.68. The number of rotatable bonds is 2. The van der Waals surface area contributed by atoms with E-state index in [2.05, 4.69) is 11.8 Å². The molecule has 2 heterocycles. The summed E-state index contributed by atoms with van der Waals surface area (Å²) in [5.74, 6) is 0.155. The van der Waals surface area contributed by atoms with Gasteiger partial charge in [-0.05, 0) is 13.5 Å². The number of amides is 1. The van der Waals surface area contributed by atoms with Gasteiger partial charge in [0, 0.05) is 32.5 Å². The zero-order chi connectivity index (χ0) is 10.9. The van der Waals surface area contributed by atoms with E-state index in [-0.39, 0.29) is 18.2 Å². The number of hydrogen-bond donors (Lipinski definition) is 0. The first-order chi connectivity index (χ1) is 7.22. The van der Waals surface area contributed by atoms with E-state index < -0.39 is 0 Å². The van der Waals surface area contributed by atoms with Crippen LogP contribution in [0.15, 0.2) is 0 Å². The van der Waals surface area contributed by atoms with Gasteiger partial charge in [-0.15, -0.1) is 0 Å². The highest BCUT2D eigenvalue weighted by Gasteiger charge is 2.47. The molecule has 0 saturated carbocycles. The standard InChI is InChI=1S/C11H20N2O2/c1-3-12-7-5-11(6-8-12)13(4-2)10(14)9-15-11/h3-9H2,1-2H3. The molecule has 0 radical (unpaired) electrons. The van der Waals surface area contributed by atoms with E-state index in [1.165, 1.54) is 0 Å². The van der Waals surface area contributed by atoms with E-state index in [0.29, 0.717) is 0 Å². The quantitative estimate of drug-likeness (QED) is 0.674. The summed E-state index contributed by atoms with van der Waals surface area (Å²) in [7, 11) is 0. The summed E-state index contributed by atoms with van der Waals surface area (Å²) in [5, 5.41) is 0. The second-order valence-corrected chi connectivity index (χ2v) is 4.31.